The lowest BCUT2D eigenvalue weighted by Crippen LogP contribution is -2.22. The zero-order valence-corrected chi connectivity index (χ0v) is 20.0. The number of rotatable bonds is 13. The fraction of sp³-hybridized carbons (Fsp3) is 0.654. The van der Waals surface area contributed by atoms with Crippen LogP contribution in [-0.2, 0) is 17.6 Å². The summed E-state index contributed by atoms with van der Waals surface area (Å²) in [5.41, 5.74) is 3.35. The van der Waals surface area contributed by atoms with Gasteiger partial charge in [-0.15, -0.1) is 10.2 Å². The minimum Gasteiger partial charge on any atom is -0.394 e. The van der Waals surface area contributed by atoms with Gasteiger partial charge in [0.15, 0.2) is 0 Å². The molecule has 0 spiro atoms. The number of aliphatic hydroxyl groups excluding tert-OH is 2. The second-order valence-electron chi connectivity index (χ2n) is 9.98. The van der Waals surface area contributed by atoms with Crippen LogP contribution in [0.25, 0.3) is 0 Å². The Kier molecular flexibility index (Phi) is 8.60. The summed E-state index contributed by atoms with van der Waals surface area (Å²) in [7, 11) is 0. The summed E-state index contributed by atoms with van der Waals surface area (Å²) < 4.78 is 2.24. The Bertz CT molecular complexity index is 902. The molecule has 2 aromatic rings. The first-order chi connectivity index (χ1) is 15.3. The topological polar surface area (TPSA) is 88.2 Å². The number of benzene rings is 1. The van der Waals surface area contributed by atoms with E-state index in [2.05, 4.69) is 34.7 Å². The molecule has 1 fully saturated rings. The van der Waals surface area contributed by atoms with Gasteiger partial charge >= 0.3 is 0 Å². The number of aromatic nitrogens is 3. The molecule has 0 bridgehead atoms. The third kappa shape index (κ3) is 6.72. The molecule has 1 heterocycles. The second-order valence-corrected chi connectivity index (χ2v) is 9.98. The molecule has 6 nitrogen and oxygen atoms in total. The Morgan fingerprint density at radius 2 is 1.97 bits per heavy atom. The molecule has 0 unspecified atom stereocenters. The van der Waals surface area contributed by atoms with Crippen molar-refractivity contribution < 1.29 is 15.0 Å². The standard InChI is InChI=1S/C26H39N3O3/c1-17(2)6-5-7-25-27-28-26(29(25)22-10-11-22)21(15-24(32)16-30)14-23(31)13-20-9-8-18(3)12-19(20)4/h8-9,12,17,21-22,24,30,32H,5-7,10-11,13-16H2,1-4H3/t21-,24-/m0/s1. The average molecular weight is 442 g/mol. The molecule has 1 aliphatic carbocycles. The molecule has 0 radical (unpaired) electrons. The van der Waals surface area contributed by atoms with Crippen LogP contribution in [0.1, 0.15) is 92.7 Å². The predicted molar refractivity (Wildman–Crippen MR) is 126 cm³/mol. The highest BCUT2D eigenvalue weighted by molar-refractivity contribution is 5.82. The number of ketones is 1. The van der Waals surface area contributed by atoms with Crippen molar-refractivity contribution in [2.75, 3.05) is 6.61 Å². The Morgan fingerprint density at radius 3 is 2.59 bits per heavy atom. The van der Waals surface area contributed by atoms with Crippen molar-refractivity contribution in [2.45, 2.75) is 97.1 Å². The SMILES string of the molecule is Cc1ccc(CC(=O)C[C@@H](C[C@H](O)CO)c2nnc(CCCC(C)C)n2C2CC2)c(C)c1. The molecule has 1 saturated carbocycles. The number of carbonyl (C=O) groups excluding carboxylic acids is 1. The summed E-state index contributed by atoms with van der Waals surface area (Å²) in [4.78, 5) is 13.1. The molecule has 6 heteroatoms. The fourth-order valence-corrected chi connectivity index (χ4v) is 4.47. The summed E-state index contributed by atoms with van der Waals surface area (Å²) in [5.74, 6) is 2.32. The van der Waals surface area contributed by atoms with E-state index in [0.717, 1.165) is 54.9 Å². The van der Waals surface area contributed by atoms with Crippen LogP contribution >= 0.6 is 0 Å². The zero-order chi connectivity index (χ0) is 23.3. The van der Waals surface area contributed by atoms with Crippen LogP contribution in [0.4, 0.5) is 0 Å². The Morgan fingerprint density at radius 1 is 1.22 bits per heavy atom. The molecule has 0 aliphatic heterocycles. The summed E-state index contributed by atoms with van der Waals surface area (Å²) in [6, 6.07) is 6.57. The molecular weight excluding hydrogens is 402 g/mol. The molecule has 2 N–H and O–H groups in total. The highest BCUT2D eigenvalue weighted by Gasteiger charge is 2.33. The number of hydrogen-bond acceptors (Lipinski definition) is 5. The van der Waals surface area contributed by atoms with Crippen molar-refractivity contribution in [1.82, 2.24) is 14.8 Å². The molecule has 0 saturated heterocycles. The first-order valence-corrected chi connectivity index (χ1v) is 12.1. The van der Waals surface area contributed by atoms with Gasteiger partial charge in [0, 0.05) is 31.2 Å². The van der Waals surface area contributed by atoms with Crippen molar-refractivity contribution in [3.63, 3.8) is 0 Å². The quantitative estimate of drug-likeness (QED) is 0.485. The monoisotopic (exact) mass is 441 g/mol. The minimum atomic E-state index is -0.873. The number of carbonyl (C=O) groups is 1. The van der Waals surface area contributed by atoms with Gasteiger partial charge in [-0.3, -0.25) is 4.79 Å². The summed E-state index contributed by atoms with van der Waals surface area (Å²) >= 11 is 0. The first kappa shape index (κ1) is 24.6. The number of nitrogens with zero attached hydrogens (tertiary/aromatic N) is 3. The molecule has 1 aromatic carbocycles. The maximum absolute atomic E-state index is 13.1. The van der Waals surface area contributed by atoms with Gasteiger partial charge < -0.3 is 14.8 Å². The first-order valence-electron chi connectivity index (χ1n) is 12.1. The lowest BCUT2D eigenvalue weighted by Gasteiger charge is -2.20. The Labute approximate surface area is 192 Å². The number of Topliss-reactive ketones (excluding diaryl/α,β-unsaturated/α-hetero) is 1. The van der Waals surface area contributed by atoms with Crippen molar-refractivity contribution in [3.8, 4) is 0 Å². The van der Waals surface area contributed by atoms with Crippen LogP contribution in [0, 0.1) is 19.8 Å². The van der Waals surface area contributed by atoms with Crippen LogP contribution in [0.5, 0.6) is 0 Å². The van der Waals surface area contributed by atoms with Gasteiger partial charge in [0.25, 0.3) is 0 Å². The maximum Gasteiger partial charge on any atom is 0.138 e. The van der Waals surface area contributed by atoms with Gasteiger partial charge in [-0.1, -0.05) is 44.0 Å². The number of aliphatic hydroxyl groups is 2. The fourth-order valence-electron chi connectivity index (χ4n) is 4.47. The number of aryl methyl sites for hydroxylation is 3. The zero-order valence-electron chi connectivity index (χ0n) is 20.0. The minimum absolute atomic E-state index is 0.124. The van der Waals surface area contributed by atoms with Crippen LogP contribution < -0.4 is 0 Å². The van der Waals surface area contributed by atoms with Crippen molar-refractivity contribution in [3.05, 3.63) is 46.5 Å². The van der Waals surface area contributed by atoms with Crippen LogP contribution in [0.15, 0.2) is 18.2 Å². The van der Waals surface area contributed by atoms with Crippen molar-refractivity contribution in [2.24, 2.45) is 5.92 Å². The van der Waals surface area contributed by atoms with E-state index in [-0.39, 0.29) is 18.3 Å². The van der Waals surface area contributed by atoms with Gasteiger partial charge in [-0.25, -0.2) is 0 Å². The third-order valence-corrected chi connectivity index (χ3v) is 6.38. The van der Waals surface area contributed by atoms with Crippen LogP contribution in [0.2, 0.25) is 0 Å². The molecule has 3 rings (SSSR count). The largest absolute Gasteiger partial charge is 0.394 e. The van der Waals surface area contributed by atoms with Crippen molar-refractivity contribution in [1.29, 1.82) is 0 Å². The molecule has 1 aliphatic rings. The van der Waals surface area contributed by atoms with Crippen LogP contribution in [0.3, 0.4) is 0 Å². The molecular formula is C26H39N3O3. The van der Waals surface area contributed by atoms with E-state index in [1.54, 1.807) is 0 Å². The van der Waals surface area contributed by atoms with Gasteiger partial charge in [0.05, 0.1) is 12.7 Å². The van der Waals surface area contributed by atoms with Crippen molar-refractivity contribution >= 4 is 5.78 Å². The lowest BCUT2D eigenvalue weighted by atomic mass is 9.91. The van der Waals surface area contributed by atoms with E-state index < -0.39 is 6.10 Å². The molecule has 176 valence electrons. The number of hydrogen-bond donors (Lipinski definition) is 2. The summed E-state index contributed by atoms with van der Waals surface area (Å²) in [6.07, 6.45) is 5.41. The van der Waals surface area contributed by atoms with E-state index in [0.29, 0.717) is 31.2 Å². The lowest BCUT2D eigenvalue weighted by molar-refractivity contribution is -0.119. The Balaban J connectivity index is 1.79. The van der Waals surface area contributed by atoms with E-state index in [9.17, 15) is 15.0 Å². The molecule has 32 heavy (non-hydrogen) atoms. The molecule has 1 aromatic heterocycles. The summed E-state index contributed by atoms with van der Waals surface area (Å²) in [5, 5.41) is 28.7. The molecule has 0 amide bonds. The van der Waals surface area contributed by atoms with Crippen LogP contribution in [-0.4, -0.2) is 43.5 Å². The van der Waals surface area contributed by atoms with Gasteiger partial charge in [0.2, 0.25) is 0 Å². The van der Waals surface area contributed by atoms with E-state index in [1.165, 1.54) is 5.56 Å². The predicted octanol–water partition coefficient (Wildman–Crippen LogP) is 4.24. The van der Waals surface area contributed by atoms with Gasteiger partial charge in [-0.05, 0) is 56.6 Å². The maximum atomic E-state index is 13.1. The van der Waals surface area contributed by atoms with Gasteiger partial charge in [-0.2, -0.15) is 0 Å². The van der Waals surface area contributed by atoms with E-state index >= 15 is 0 Å². The Hall–Kier alpha value is -2.05. The second kappa shape index (κ2) is 11.2. The third-order valence-electron chi connectivity index (χ3n) is 6.38. The highest BCUT2D eigenvalue weighted by atomic mass is 16.3. The normalized spacial score (nSPS) is 15.8. The highest BCUT2D eigenvalue weighted by Crippen LogP contribution is 2.40. The average Bonchev–Trinajstić information content (AvgIpc) is 3.48. The van der Waals surface area contributed by atoms with E-state index in [1.807, 2.05) is 26.0 Å². The van der Waals surface area contributed by atoms with E-state index in [4.69, 9.17) is 0 Å². The smallest absolute Gasteiger partial charge is 0.138 e. The van der Waals surface area contributed by atoms with Gasteiger partial charge in [0.1, 0.15) is 17.4 Å². The molecule has 2 atom stereocenters. The summed E-state index contributed by atoms with van der Waals surface area (Å²) in [6.45, 7) is 8.22.